The third kappa shape index (κ3) is 4.65. The van der Waals surface area contributed by atoms with Crippen LogP contribution in [0.2, 0.25) is 0 Å². The van der Waals surface area contributed by atoms with Crippen LogP contribution in [0.3, 0.4) is 0 Å². The molecule has 1 amide bonds. The number of nitrogens with zero attached hydrogens (tertiary/aromatic N) is 4. The summed E-state index contributed by atoms with van der Waals surface area (Å²) in [6, 6.07) is 17.4. The first-order valence-electron chi connectivity index (χ1n) is 9.56. The van der Waals surface area contributed by atoms with Gasteiger partial charge in [-0.2, -0.15) is 5.10 Å². The van der Waals surface area contributed by atoms with Gasteiger partial charge in [0.2, 0.25) is 5.91 Å². The van der Waals surface area contributed by atoms with Crippen molar-refractivity contribution in [3.05, 3.63) is 93.1 Å². The van der Waals surface area contributed by atoms with Gasteiger partial charge in [0, 0.05) is 11.0 Å². The van der Waals surface area contributed by atoms with Crippen LogP contribution in [0.4, 0.5) is 0 Å². The Morgan fingerprint density at radius 3 is 2.57 bits per heavy atom. The van der Waals surface area contributed by atoms with E-state index in [0.29, 0.717) is 37.1 Å². The van der Waals surface area contributed by atoms with Crippen LogP contribution >= 0.6 is 15.9 Å². The Balaban J connectivity index is 1.40. The molecule has 1 N–H and O–H groups in total. The van der Waals surface area contributed by atoms with Crippen LogP contribution in [0.1, 0.15) is 11.1 Å². The second kappa shape index (κ2) is 9.04. The van der Waals surface area contributed by atoms with Crippen molar-refractivity contribution in [2.45, 2.75) is 19.5 Å². The highest BCUT2D eigenvalue weighted by Gasteiger charge is 2.11. The minimum absolute atomic E-state index is 0.0533. The van der Waals surface area contributed by atoms with E-state index >= 15 is 0 Å². The van der Waals surface area contributed by atoms with Gasteiger partial charge in [-0.05, 0) is 23.3 Å². The molecule has 152 valence electrons. The summed E-state index contributed by atoms with van der Waals surface area (Å²) < 4.78 is 4.20. The maximum absolute atomic E-state index is 12.8. The van der Waals surface area contributed by atoms with E-state index in [1.807, 2.05) is 54.6 Å². The number of carbonyl (C=O) groups is 1. The summed E-state index contributed by atoms with van der Waals surface area (Å²) in [6.45, 7) is 1.29. The predicted molar refractivity (Wildman–Crippen MR) is 118 cm³/mol. The Kier molecular flexibility index (Phi) is 6.04. The lowest BCUT2D eigenvalue weighted by Crippen LogP contribution is -2.29. The molecule has 0 spiro atoms. The smallest absolute Gasteiger partial charge is 0.264 e. The molecule has 0 bridgehead atoms. The normalized spacial score (nSPS) is 11.0. The monoisotopic (exact) mass is 465 g/mol. The molecule has 30 heavy (non-hydrogen) atoms. The Labute approximate surface area is 181 Å². The van der Waals surface area contributed by atoms with Crippen LogP contribution in [-0.2, 0) is 24.3 Å². The standard InChI is InChI=1S/C22H20BrN5O2/c23-18-8-6-17(7-9-18)14-27-15-25-21-19(22(27)30)13-26-28(21)11-10-24-20(29)12-16-4-2-1-3-5-16/h1-9,13,15H,10-12,14H2,(H,24,29). The van der Waals surface area contributed by atoms with Gasteiger partial charge in [-0.3, -0.25) is 14.2 Å². The van der Waals surface area contributed by atoms with E-state index in [-0.39, 0.29) is 11.5 Å². The van der Waals surface area contributed by atoms with Gasteiger partial charge in [0.05, 0.1) is 25.7 Å². The molecule has 0 unspecified atom stereocenters. The Bertz CT molecular complexity index is 1220. The van der Waals surface area contributed by atoms with Crippen molar-refractivity contribution < 1.29 is 4.79 Å². The summed E-state index contributed by atoms with van der Waals surface area (Å²) in [5.41, 5.74) is 2.36. The summed E-state index contributed by atoms with van der Waals surface area (Å²) in [6.07, 6.45) is 3.41. The molecular weight excluding hydrogens is 446 g/mol. The van der Waals surface area contributed by atoms with Gasteiger partial charge in [-0.15, -0.1) is 0 Å². The van der Waals surface area contributed by atoms with Crippen molar-refractivity contribution in [2.75, 3.05) is 6.54 Å². The zero-order valence-electron chi connectivity index (χ0n) is 16.2. The highest BCUT2D eigenvalue weighted by molar-refractivity contribution is 9.10. The van der Waals surface area contributed by atoms with Crippen LogP contribution in [-0.4, -0.2) is 31.8 Å². The number of halogens is 1. The zero-order chi connectivity index (χ0) is 20.9. The highest BCUT2D eigenvalue weighted by atomic mass is 79.9. The Hall–Kier alpha value is -3.26. The number of rotatable bonds is 7. The molecule has 2 heterocycles. The number of benzene rings is 2. The van der Waals surface area contributed by atoms with E-state index in [1.165, 1.54) is 6.20 Å². The first-order chi connectivity index (χ1) is 14.6. The third-order valence-electron chi connectivity index (χ3n) is 4.74. The second-order valence-corrected chi connectivity index (χ2v) is 7.84. The van der Waals surface area contributed by atoms with Crippen molar-refractivity contribution in [3.63, 3.8) is 0 Å². The van der Waals surface area contributed by atoms with Crippen molar-refractivity contribution in [2.24, 2.45) is 0 Å². The van der Waals surface area contributed by atoms with Crippen LogP contribution < -0.4 is 10.9 Å². The summed E-state index contributed by atoms with van der Waals surface area (Å²) in [4.78, 5) is 29.3. The number of hydrogen-bond acceptors (Lipinski definition) is 4. The van der Waals surface area contributed by atoms with E-state index in [0.717, 1.165) is 15.6 Å². The summed E-state index contributed by atoms with van der Waals surface area (Å²) in [5.74, 6) is -0.0533. The number of hydrogen-bond donors (Lipinski definition) is 1. The van der Waals surface area contributed by atoms with Crippen LogP contribution in [0.5, 0.6) is 0 Å². The molecule has 0 radical (unpaired) electrons. The van der Waals surface area contributed by atoms with Crippen molar-refractivity contribution in [1.82, 2.24) is 24.6 Å². The molecule has 2 aromatic heterocycles. The van der Waals surface area contributed by atoms with Crippen LogP contribution in [0, 0.1) is 0 Å². The molecule has 2 aromatic carbocycles. The maximum atomic E-state index is 12.8. The van der Waals surface area contributed by atoms with Crippen molar-refractivity contribution in [1.29, 1.82) is 0 Å². The van der Waals surface area contributed by atoms with Crippen LogP contribution in [0.25, 0.3) is 11.0 Å². The molecule has 4 rings (SSSR count). The van der Waals surface area contributed by atoms with E-state index in [9.17, 15) is 9.59 Å². The quantitative estimate of drug-likeness (QED) is 0.454. The largest absolute Gasteiger partial charge is 0.354 e. The van der Waals surface area contributed by atoms with E-state index in [2.05, 4.69) is 31.3 Å². The average molecular weight is 466 g/mol. The molecule has 0 saturated heterocycles. The minimum atomic E-state index is -0.137. The minimum Gasteiger partial charge on any atom is -0.354 e. The molecule has 0 aliphatic carbocycles. The first-order valence-corrected chi connectivity index (χ1v) is 10.4. The van der Waals surface area contributed by atoms with Gasteiger partial charge >= 0.3 is 0 Å². The average Bonchev–Trinajstić information content (AvgIpc) is 3.16. The first kappa shape index (κ1) is 20.0. The maximum Gasteiger partial charge on any atom is 0.264 e. The number of carbonyl (C=O) groups excluding carboxylic acids is 1. The van der Waals surface area contributed by atoms with E-state index in [1.54, 1.807) is 15.6 Å². The fourth-order valence-electron chi connectivity index (χ4n) is 3.21. The van der Waals surface area contributed by atoms with Crippen LogP contribution in [0.15, 0.2) is 76.4 Å². The summed E-state index contributed by atoms with van der Waals surface area (Å²) in [5, 5.41) is 7.63. The highest BCUT2D eigenvalue weighted by Crippen LogP contribution is 2.12. The Morgan fingerprint density at radius 2 is 1.80 bits per heavy atom. The molecule has 7 nitrogen and oxygen atoms in total. The third-order valence-corrected chi connectivity index (χ3v) is 5.27. The predicted octanol–water partition coefficient (Wildman–Crippen LogP) is 2.76. The molecule has 0 saturated carbocycles. The van der Waals surface area contributed by atoms with Gasteiger partial charge in [0.15, 0.2) is 5.65 Å². The number of amides is 1. The number of fused-ring (bicyclic) bond motifs is 1. The molecule has 0 fully saturated rings. The molecule has 0 aliphatic heterocycles. The number of nitrogens with one attached hydrogen (secondary N) is 1. The lowest BCUT2D eigenvalue weighted by atomic mass is 10.1. The lowest BCUT2D eigenvalue weighted by molar-refractivity contribution is -0.120. The topological polar surface area (TPSA) is 81.8 Å². The van der Waals surface area contributed by atoms with Crippen molar-refractivity contribution >= 4 is 32.9 Å². The van der Waals surface area contributed by atoms with E-state index in [4.69, 9.17) is 0 Å². The SMILES string of the molecule is O=C(Cc1ccccc1)NCCn1ncc2c(=O)n(Cc3ccc(Br)cc3)cnc21. The van der Waals surface area contributed by atoms with Gasteiger partial charge < -0.3 is 5.32 Å². The Morgan fingerprint density at radius 1 is 1.03 bits per heavy atom. The van der Waals surface area contributed by atoms with Gasteiger partial charge in [0.1, 0.15) is 11.7 Å². The molecular formula is C22H20BrN5O2. The summed E-state index contributed by atoms with van der Waals surface area (Å²) >= 11 is 3.41. The van der Waals surface area contributed by atoms with Gasteiger partial charge in [-0.1, -0.05) is 58.4 Å². The van der Waals surface area contributed by atoms with Gasteiger partial charge in [-0.25, -0.2) is 9.67 Å². The lowest BCUT2D eigenvalue weighted by Gasteiger charge is -2.08. The molecule has 4 aromatic rings. The van der Waals surface area contributed by atoms with Gasteiger partial charge in [0.25, 0.3) is 5.56 Å². The molecule has 8 heteroatoms. The second-order valence-electron chi connectivity index (χ2n) is 6.92. The zero-order valence-corrected chi connectivity index (χ0v) is 17.7. The fraction of sp³-hybridized carbons (Fsp3) is 0.182. The summed E-state index contributed by atoms with van der Waals surface area (Å²) in [7, 11) is 0. The molecule has 0 aliphatic rings. The molecule has 0 atom stereocenters. The fourth-order valence-corrected chi connectivity index (χ4v) is 3.47. The van der Waals surface area contributed by atoms with E-state index < -0.39 is 0 Å². The number of aromatic nitrogens is 4. The van der Waals surface area contributed by atoms with Crippen molar-refractivity contribution in [3.8, 4) is 0 Å².